The van der Waals surface area contributed by atoms with E-state index in [1.807, 2.05) is 43.3 Å². The van der Waals surface area contributed by atoms with E-state index in [4.69, 9.17) is 4.74 Å². The van der Waals surface area contributed by atoms with Crippen molar-refractivity contribution in [2.24, 2.45) is 0 Å². The van der Waals surface area contributed by atoms with Gasteiger partial charge in [0.25, 0.3) is 0 Å². The monoisotopic (exact) mass is 419 g/mol. The molecule has 0 bridgehead atoms. The molecule has 7 nitrogen and oxygen atoms in total. The van der Waals surface area contributed by atoms with E-state index in [2.05, 4.69) is 27.6 Å². The highest BCUT2D eigenvalue weighted by Crippen LogP contribution is 2.44. The van der Waals surface area contributed by atoms with Crippen LogP contribution < -0.4 is 5.32 Å². The first kappa shape index (κ1) is 20.7. The number of aromatic nitrogens is 2. The van der Waals surface area contributed by atoms with Gasteiger partial charge in [-0.3, -0.25) is 5.10 Å². The predicted molar refractivity (Wildman–Crippen MR) is 116 cm³/mol. The van der Waals surface area contributed by atoms with Crippen LogP contribution in [0.3, 0.4) is 0 Å². The molecule has 0 aliphatic heterocycles. The van der Waals surface area contributed by atoms with Crippen LogP contribution in [0.25, 0.3) is 11.1 Å². The van der Waals surface area contributed by atoms with E-state index in [1.165, 1.54) is 0 Å². The van der Waals surface area contributed by atoms with Gasteiger partial charge in [0.05, 0.1) is 6.20 Å². The van der Waals surface area contributed by atoms with Crippen LogP contribution in [0.1, 0.15) is 41.6 Å². The van der Waals surface area contributed by atoms with Gasteiger partial charge in [0.15, 0.2) is 0 Å². The molecule has 4 rings (SSSR count). The van der Waals surface area contributed by atoms with Crippen molar-refractivity contribution in [1.82, 2.24) is 15.5 Å². The number of ether oxygens (including phenoxy) is 1. The van der Waals surface area contributed by atoms with Gasteiger partial charge >= 0.3 is 12.1 Å². The first-order valence-corrected chi connectivity index (χ1v) is 10.4. The molecule has 7 heteroatoms. The zero-order valence-corrected chi connectivity index (χ0v) is 17.3. The van der Waals surface area contributed by atoms with Gasteiger partial charge in [0, 0.05) is 18.0 Å². The maximum absolute atomic E-state index is 12.5. The van der Waals surface area contributed by atoms with E-state index in [0.29, 0.717) is 0 Å². The molecular formula is C24H25N3O4. The van der Waals surface area contributed by atoms with Crippen LogP contribution in [0.5, 0.6) is 0 Å². The highest BCUT2D eigenvalue weighted by molar-refractivity contribution is 5.81. The SMILES string of the molecule is CCCc1[nH]ncc1CC(NC(=O)OCC1c2ccccc2-c2ccccc21)C(=O)O. The van der Waals surface area contributed by atoms with Gasteiger partial charge in [0.2, 0.25) is 0 Å². The van der Waals surface area contributed by atoms with Crippen LogP contribution in [0, 0.1) is 0 Å². The third-order valence-electron chi connectivity index (χ3n) is 5.67. The zero-order valence-electron chi connectivity index (χ0n) is 17.3. The summed E-state index contributed by atoms with van der Waals surface area (Å²) in [5.74, 6) is -1.19. The van der Waals surface area contributed by atoms with Gasteiger partial charge in [-0.25, -0.2) is 9.59 Å². The van der Waals surface area contributed by atoms with E-state index >= 15 is 0 Å². The number of carboxylic acids is 1. The maximum atomic E-state index is 12.5. The summed E-state index contributed by atoms with van der Waals surface area (Å²) in [7, 11) is 0. The largest absolute Gasteiger partial charge is 0.480 e. The Kier molecular flexibility index (Phi) is 6.02. The number of amides is 1. The fraction of sp³-hybridized carbons (Fsp3) is 0.292. The number of carboxylic acid groups (broad SMARTS) is 1. The van der Waals surface area contributed by atoms with Gasteiger partial charge in [-0.1, -0.05) is 61.9 Å². The van der Waals surface area contributed by atoms with Crippen molar-refractivity contribution < 1.29 is 19.4 Å². The molecule has 1 aliphatic carbocycles. The van der Waals surface area contributed by atoms with Gasteiger partial charge in [-0.05, 0) is 34.2 Å². The minimum absolute atomic E-state index is 0.0774. The molecule has 1 atom stereocenters. The van der Waals surface area contributed by atoms with Gasteiger partial charge in [-0.2, -0.15) is 5.10 Å². The zero-order chi connectivity index (χ0) is 21.8. The first-order chi connectivity index (χ1) is 15.1. The number of aryl methyl sites for hydroxylation is 1. The van der Waals surface area contributed by atoms with Crippen molar-refractivity contribution in [3.63, 3.8) is 0 Å². The topological polar surface area (TPSA) is 104 Å². The lowest BCUT2D eigenvalue weighted by Gasteiger charge is -2.17. The number of nitrogens with zero attached hydrogens (tertiary/aromatic N) is 1. The summed E-state index contributed by atoms with van der Waals surface area (Å²) in [4.78, 5) is 24.2. The summed E-state index contributed by atoms with van der Waals surface area (Å²) in [6.45, 7) is 2.17. The van der Waals surface area contributed by atoms with Crippen LogP contribution in [0.4, 0.5) is 4.79 Å². The summed E-state index contributed by atoms with van der Waals surface area (Å²) in [5, 5.41) is 19.0. The standard InChI is InChI=1S/C24H25N3O4/c1-2-7-21-15(13-25-27-21)12-22(23(28)29)26-24(30)31-14-20-18-10-5-3-8-16(18)17-9-4-6-11-19(17)20/h3-6,8-11,13,20,22H,2,7,12,14H2,1H3,(H,25,27)(H,26,30)(H,28,29). The molecule has 0 radical (unpaired) electrons. The second-order valence-corrected chi connectivity index (χ2v) is 7.69. The maximum Gasteiger partial charge on any atom is 0.407 e. The molecule has 3 N–H and O–H groups in total. The van der Waals surface area contributed by atoms with Crippen molar-refractivity contribution >= 4 is 12.1 Å². The van der Waals surface area contributed by atoms with E-state index in [-0.39, 0.29) is 18.9 Å². The first-order valence-electron chi connectivity index (χ1n) is 10.4. The Balaban J connectivity index is 1.42. The molecule has 1 aliphatic rings. The number of nitrogens with one attached hydrogen (secondary N) is 2. The molecule has 0 fully saturated rings. The Hall–Kier alpha value is -3.61. The minimum atomic E-state index is -1.11. The fourth-order valence-corrected chi connectivity index (χ4v) is 4.18. The molecule has 1 heterocycles. The number of H-pyrrole nitrogens is 1. The molecule has 31 heavy (non-hydrogen) atoms. The number of rotatable bonds is 8. The number of aromatic amines is 1. The van der Waals surface area contributed by atoms with Gasteiger partial charge in [-0.15, -0.1) is 0 Å². The van der Waals surface area contributed by atoms with Crippen molar-refractivity contribution in [2.75, 3.05) is 6.61 Å². The summed E-state index contributed by atoms with van der Waals surface area (Å²) in [5.41, 5.74) is 6.16. The predicted octanol–water partition coefficient (Wildman–Crippen LogP) is 3.90. The lowest BCUT2D eigenvalue weighted by molar-refractivity contribution is -0.139. The average molecular weight is 419 g/mol. The quantitative estimate of drug-likeness (QED) is 0.514. The highest BCUT2D eigenvalue weighted by atomic mass is 16.5. The third kappa shape index (κ3) is 4.30. The molecule has 1 amide bonds. The number of carbonyl (C=O) groups excluding carboxylic acids is 1. The lowest BCUT2D eigenvalue weighted by atomic mass is 9.98. The number of fused-ring (bicyclic) bond motifs is 3. The Morgan fingerprint density at radius 1 is 1.13 bits per heavy atom. The highest BCUT2D eigenvalue weighted by Gasteiger charge is 2.30. The Morgan fingerprint density at radius 3 is 2.39 bits per heavy atom. The molecule has 1 aromatic heterocycles. The normalized spacial score (nSPS) is 13.3. The Morgan fingerprint density at radius 2 is 1.77 bits per heavy atom. The third-order valence-corrected chi connectivity index (χ3v) is 5.67. The number of alkyl carbamates (subject to hydrolysis) is 1. The van der Waals surface area contributed by atoms with E-state index < -0.39 is 18.1 Å². The van der Waals surface area contributed by atoms with Crippen LogP contribution in [-0.4, -0.2) is 40.0 Å². The van der Waals surface area contributed by atoms with E-state index in [0.717, 1.165) is 46.4 Å². The van der Waals surface area contributed by atoms with E-state index in [1.54, 1.807) is 6.20 Å². The lowest BCUT2D eigenvalue weighted by Crippen LogP contribution is -2.43. The Labute approximate surface area is 180 Å². The number of carbonyl (C=O) groups is 2. The van der Waals surface area contributed by atoms with Crippen molar-refractivity contribution in [1.29, 1.82) is 0 Å². The Bertz CT molecular complexity index is 1050. The average Bonchev–Trinajstić information content (AvgIpc) is 3.34. The van der Waals surface area contributed by atoms with Gasteiger partial charge in [0.1, 0.15) is 12.6 Å². The van der Waals surface area contributed by atoms with Crippen LogP contribution >= 0.6 is 0 Å². The number of aliphatic carboxylic acids is 1. The summed E-state index contributed by atoms with van der Waals surface area (Å²) in [6.07, 6.45) is 2.69. The van der Waals surface area contributed by atoms with E-state index in [9.17, 15) is 14.7 Å². The molecule has 0 spiro atoms. The smallest absolute Gasteiger partial charge is 0.407 e. The minimum Gasteiger partial charge on any atom is -0.480 e. The molecule has 2 aromatic carbocycles. The van der Waals surface area contributed by atoms with Crippen LogP contribution in [0.2, 0.25) is 0 Å². The van der Waals surface area contributed by atoms with Crippen molar-refractivity contribution in [3.05, 3.63) is 77.1 Å². The molecule has 0 saturated carbocycles. The molecule has 1 unspecified atom stereocenters. The number of hydrogen-bond acceptors (Lipinski definition) is 4. The summed E-state index contributed by atoms with van der Waals surface area (Å²) in [6, 6.07) is 15.0. The second kappa shape index (κ2) is 9.04. The number of benzene rings is 2. The summed E-state index contributed by atoms with van der Waals surface area (Å²) >= 11 is 0. The van der Waals surface area contributed by atoms with Gasteiger partial charge < -0.3 is 15.2 Å². The number of hydrogen-bond donors (Lipinski definition) is 3. The molecule has 160 valence electrons. The van der Waals surface area contributed by atoms with Crippen LogP contribution in [0.15, 0.2) is 54.7 Å². The van der Waals surface area contributed by atoms with Crippen LogP contribution in [-0.2, 0) is 22.4 Å². The molecular weight excluding hydrogens is 394 g/mol. The van der Waals surface area contributed by atoms with Crippen molar-refractivity contribution in [3.8, 4) is 11.1 Å². The fourth-order valence-electron chi connectivity index (χ4n) is 4.18. The summed E-state index contributed by atoms with van der Waals surface area (Å²) < 4.78 is 5.48. The second-order valence-electron chi connectivity index (χ2n) is 7.69. The molecule has 0 saturated heterocycles. The van der Waals surface area contributed by atoms with Crippen molar-refractivity contribution in [2.45, 2.75) is 38.1 Å². The molecule has 3 aromatic rings.